The molecule has 2 aromatic carbocycles. The number of ether oxygens (including phenoxy) is 1. The van der Waals surface area contributed by atoms with E-state index in [0.717, 1.165) is 4.47 Å². The molecule has 4 nitrogen and oxygen atoms in total. The molecule has 1 amide bonds. The van der Waals surface area contributed by atoms with Gasteiger partial charge < -0.3 is 15.8 Å². The van der Waals surface area contributed by atoms with Crippen LogP contribution >= 0.6 is 31.9 Å². The van der Waals surface area contributed by atoms with Crippen molar-refractivity contribution < 1.29 is 13.9 Å². The minimum absolute atomic E-state index is 0.0264. The predicted octanol–water partition coefficient (Wildman–Crippen LogP) is 3.95. The zero-order chi connectivity index (χ0) is 15.4. The predicted molar refractivity (Wildman–Crippen MR) is 86.8 cm³/mol. The van der Waals surface area contributed by atoms with Crippen LogP contribution in [0.25, 0.3) is 0 Å². The minimum atomic E-state index is -0.553. The molecule has 0 heterocycles. The highest BCUT2D eigenvalue weighted by atomic mass is 79.9. The van der Waals surface area contributed by atoms with Crippen LogP contribution in [0.15, 0.2) is 45.3 Å². The summed E-state index contributed by atoms with van der Waals surface area (Å²) in [5.41, 5.74) is 5.93. The van der Waals surface area contributed by atoms with Gasteiger partial charge in [0.2, 0.25) is 0 Å². The van der Waals surface area contributed by atoms with Gasteiger partial charge in [-0.25, -0.2) is 4.39 Å². The first-order valence-electron chi connectivity index (χ1n) is 5.88. The van der Waals surface area contributed by atoms with E-state index in [0.29, 0.717) is 15.9 Å². The van der Waals surface area contributed by atoms with Crippen molar-refractivity contribution in [2.45, 2.75) is 0 Å². The fourth-order valence-electron chi connectivity index (χ4n) is 1.56. The van der Waals surface area contributed by atoms with E-state index in [4.69, 9.17) is 10.5 Å². The van der Waals surface area contributed by atoms with Gasteiger partial charge in [-0.1, -0.05) is 15.9 Å². The Morgan fingerprint density at radius 2 is 2.00 bits per heavy atom. The molecule has 0 aromatic heterocycles. The van der Waals surface area contributed by atoms with Crippen molar-refractivity contribution in [2.24, 2.45) is 0 Å². The lowest BCUT2D eigenvalue weighted by molar-refractivity contribution is -0.118. The Morgan fingerprint density at radius 1 is 1.24 bits per heavy atom. The maximum Gasteiger partial charge on any atom is 0.262 e. The molecule has 0 fully saturated rings. The molecule has 110 valence electrons. The molecule has 21 heavy (non-hydrogen) atoms. The van der Waals surface area contributed by atoms with E-state index in [2.05, 4.69) is 37.2 Å². The molecule has 0 saturated carbocycles. The van der Waals surface area contributed by atoms with Crippen molar-refractivity contribution in [3.63, 3.8) is 0 Å². The van der Waals surface area contributed by atoms with Gasteiger partial charge in [-0.2, -0.15) is 0 Å². The van der Waals surface area contributed by atoms with Crippen LogP contribution in [0.1, 0.15) is 0 Å². The second kappa shape index (κ2) is 6.91. The van der Waals surface area contributed by atoms with E-state index < -0.39 is 11.7 Å². The van der Waals surface area contributed by atoms with Gasteiger partial charge in [-0.15, -0.1) is 0 Å². The Bertz CT molecular complexity index is 680. The number of hydrogen-bond acceptors (Lipinski definition) is 3. The van der Waals surface area contributed by atoms with Gasteiger partial charge in [-0.3, -0.25) is 4.79 Å². The zero-order valence-corrected chi connectivity index (χ0v) is 13.9. The van der Waals surface area contributed by atoms with Gasteiger partial charge in [0.05, 0.1) is 10.2 Å². The fraction of sp³-hybridized carbons (Fsp3) is 0.0714. The maximum absolute atomic E-state index is 13.5. The smallest absolute Gasteiger partial charge is 0.262 e. The number of halogens is 3. The standard InChI is InChI=1S/C14H11Br2FN2O2/c15-8-1-4-13(10(16)5-8)21-7-14(20)19-12-6-9(18)2-3-11(12)17/h1-6H,7,18H2,(H,19,20). The number of nitrogen functional groups attached to an aromatic ring is 1. The first-order chi connectivity index (χ1) is 9.95. The van der Waals surface area contributed by atoms with E-state index in [-0.39, 0.29) is 12.3 Å². The lowest BCUT2D eigenvalue weighted by Gasteiger charge is -2.10. The number of anilines is 2. The Morgan fingerprint density at radius 3 is 2.71 bits per heavy atom. The molecule has 3 N–H and O–H groups in total. The van der Waals surface area contributed by atoms with Gasteiger partial charge in [0.15, 0.2) is 6.61 Å². The molecule has 2 rings (SSSR count). The summed E-state index contributed by atoms with van der Waals surface area (Å²) in [5.74, 6) is -0.516. The van der Waals surface area contributed by atoms with Gasteiger partial charge in [0.1, 0.15) is 11.6 Å². The number of nitrogens with one attached hydrogen (secondary N) is 1. The summed E-state index contributed by atoms with van der Waals surface area (Å²) in [4.78, 5) is 11.8. The number of carbonyl (C=O) groups is 1. The number of hydrogen-bond donors (Lipinski definition) is 2. The minimum Gasteiger partial charge on any atom is -0.483 e. The van der Waals surface area contributed by atoms with E-state index >= 15 is 0 Å². The molecule has 0 unspecified atom stereocenters. The van der Waals surface area contributed by atoms with Crippen LogP contribution in [0, 0.1) is 5.82 Å². The average molecular weight is 418 g/mol. The van der Waals surface area contributed by atoms with Crippen LogP contribution in [-0.2, 0) is 4.79 Å². The van der Waals surface area contributed by atoms with Crippen LogP contribution < -0.4 is 15.8 Å². The third-order valence-electron chi connectivity index (χ3n) is 2.52. The second-order valence-electron chi connectivity index (χ2n) is 4.15. The molecular formula is C14H11Br2FN2O2. The topological polar surface area (TPSA) is 64.3 Å². The molecule has 0 aliphatic heterocycles. The number of nitrogens with two attached hydrogens (primary N) is 1. The van der Waals surface area contributed by atoms with E-state index in [1.54, 1.807) is 18.2 Å². The largest absolute Gasteiger partial charge is 0.483 e. The first-order valence-corrected chi connectivity index (χ1v) is 7.47. The fourth-order valence-corrected chi connectivity index (χ4v) is 2.72. The zero-order valence-electron chi connectivity index (χ0n) is 10.7. The SMILES string of the molecule is Nc1ccc(F)c(NC(=O)COc2ccc(Br)cc2Br)c1. The maximum atomic E-state index is 13.5. The molecule has 0 aliphatic rings. The molecule has 0 spiro atoms. The number of carbonyl (C=O) groups excluding carboxylic acids is 1. The van der Waals surface area contributed by atoms with Crippen LogP contribution in [0.4, 0.5) is 15.8 Å². The van der Waals surface area contributed by atoms with Crippen LogP contribution in [0.2, 0.25) is 0 Å². The normalized spacial score (nSPS) is 10.2. The number of benzene rings is 2. The summed E-state index contributed by atoms with van der Waals surface area (Å²) < 4.78 is 20.4. The highest BCUT2D eigenvalue weighted by Crippen LogP contribution is 2.28. The summed E-state index contributed by atoms with van der Waals surface area (Å²) in [5, 5.41) is 2.41. The lowest BCUT2D eigenvalue weighted by Crippen LogP contribution is -2.21. The summed E-state index contributed by atoms with van der Waals surface area (Å²) in [6, 6.07) is 9.25. The molecule has 2 aromatic rings. The van der Waals surface area contributed by atoms with Gasteiger partial charge in [0, 0.05) is 10.2 Å². The molecule has 0 saturated heterocycles. The number of amides is 1. The highest BCUT2D eigenvalue weighted by molar-refractivity contribution is 9.11. The lowest BCUT2D eigenvalue weighted by atomic mass is 10.2. The van der Waals surface area contributed by atoms with Gasteiger partial charge >= 0.3 is 0 Å². The van der Waals surface area contributed by atoms with Gasteiger partial charge in [0.25, 0.3) is 5.91 Å². The molecule has 0 radical (unpaired) electrons. The van der Waals surface area contributed by atoms with Crippen molar-refractivity contribution >= 4 is 49.1 Å². The average Bonchev–Trinajstić information content (AvgIpc) is 2.42. The van der Waals surface area contributed by atoms with Crippen molar-refractivity contribution in [1.29, 1.82) is 0 Å². The van der Waals surface area contributed by atoms with Crippen molar-refractivity contribution in [3.05, 3.63) is 51.2 Å². The molecule has 0 atom stereocenters. The molecule has 0 bridgehead atoms. The molecule has 0 aliphatic carbocycles. The van der Waals surface area contributed by atoms with Crippen molar-refractivity contribution in [3.8, 4) is 5.75 Å². The van der Waals surface area contributed by atoms with Crippen molar-refractivity contribution in [1.82, 2.24) is 0 Å². The Labute approximate surface area is 137 Å². The Balaban J connectivity index is 1.97. The highest BCUT2D eigenvalue weighted by Gasteiger charge is 2.09. The van der Waals surface area contributed by atoms with E-state index in [9.17, 15) is 9.18 Å². The van der Waals surface area contributed by atoms with Crippen molar-refractivity contribution in [2.75, 3.05) is 17.7 Å². The molecule has 7 heteroatoms. The third-order valence-corrected chi connectivity index (χ3v) is 3.63. The Kier molecular flexibility index (Phi) is 5.19. The summed E-state index contributed by atoms with van der Waals surface area (Å²) >= 11 is 6.64. The van der Waals surface area contributed by atoms with Gasteiger partial charge in [-0.05, 0) is 52.3 Å². The Hall–Kier alpha value is -1.60. The quantitative estimate of drug-likeness (QED) is 0.740. The summed E-state index contributed by atoms with van der Waals surface area (Å²) in [7, 11) is 0. The first kappa shape index (κ1) is 15.8. The molecular weight excluding hydrogens is 407 g/mol. The third kappa shape index (κ3) is 4.44. The van der Waals surface area contributed by atoms with E-state index in [1.807, 2.05) is 0 Å². The van der Waals surface area contributed by atoms with Crippen LogP contribution in [-0.4, -0.2) is 12.5 Å². The monoisotopic (exact) mass is 416 g/mol. The second-order valence-corrected chi connectivity index (χ2v) is 5.92. The van der Waals surface area contributed by atoms with Crippen LogP contribution in [0.5, 0.6) is 5.75 Å². The summed E-state index contributed by atoms with van der Waals surface area (Å²) in [6.45, 7) is -0.242. The van der Waals surface area contributed by atoms with E-state index in [1.165, 1.54) is 18.2 Å². The van der Waals surface area contributed by atoms with Crippen LogP contribution in [0.3, 0.4) is 0 Å². The number of rotatable bonds is 4. The summed E-state index contributed by atoms with van der Waals surface area (Å²) in [6.07, 6.45) is 0.